The van der Waals surface area contributed by atoms with E-state index in [1.807, 2.05) is 53.9 Å². The fraction of sp³-hybridized carbons (Fsp3) is 0.143. The highest BCUT2D eigenvalue weighted by Crippen LogP contribution is 2.34. The molecule has 1 atom stereocenters. The van der Waals surface area contributed by atoms with Crippen molar-refractivity contribution in [3.63, 3.8) is 0 Å². The summed E-state index contributed by atoms with van der Waals surface area (Å²) in [5, 5.41) is 8.07. The van der Waals surface area contributed by atoms with Gasteiger partial charge in [0.15, 0.2) is 0 Å². The second-order valence-electron chi connectivity index (χ2n) is 6.76. The van der Waals surface area contributed by atoms with Crippen LogP contribution in [0.3, 0.4) is 0 Å². The van der Waals surface area contributed by atoms with Gasteiger partial charge in [0.1, 0.15) is 0 Å². The molecule has 148 valence electrons. The third-order valence-corrected chi connectivity index (χ3v) is 6.02. The maximum Gasteiger partial charge on any atom is 0.284 e. The van der Waals surface area contributed by atoms with Crippen molar-refractivity contribution >= 4 is 38.7 Å². The Kier molecular flexibility index (Phi) is 5.21. The molecule has 0 aliphatic carbocycles. The van der Waals surface area contributed by atoms with E-state index in [9.17, 15) is 13.2 Å². The van der Waals surface area contributed by atoms with E-state index < -0.39 is 10.0 Å². The fourth-order valence-corrected chi connectivity index (χ4v) is 4.48. The first-order valence-electron chi connectivity index (χ1n) is 8.98. The molecular formula is C21H19N3O3S2. The highest BCUT2D eigenvalue weighted by molar-refractivity contribution is 7.92. The molecule has 8 heteroatoms. The number of thiophene rings is 1. The van der Waals surface area contributed by atoms with E-state index in [0.717, 1.165) is 23.1 Å². The molecule has 1 N–H and O–H groups in total. The summed E-state index contributed by atoms with van der Waals surface area (Å²) in [5.74, 6) is -0.126. The molecule has 0 saturated carbocycles. The zero-order valence-corrected chi connectivity index (χ0v) is 17.3. The molecular weight excluding hydrogens is 406 g/mol. The average molecular weight is 426 g/mol. The summed E-state index contributed by atoms with van der Waals surface area (Å²) in [6.45, 7) is 0. The monoisotopic (exact) mass is 425 g/mol. The molecule has 1 aromatic heterocycles. The minimum absolute atomic E-state index is 0.126. The molecule has 6 nitrogen and oxygen atoms in total. The summed E-state index contributed by atoms with van der Waals surface area (Å²) >= 11 is 1.39. The van der Waals surface area contributed by atoms with E-state index >= 15 is 0 Å². The van der Waals surface area contributed by atoms with Crippen LogP contribution >= 0.6 is 11.3 Å². The van der Waals surface area contributed by atoms with Gasteiger partial charge in [-0.3, -0.25) is 9.52 Å². The predicted molar refractivity (Wildman–Crippen MR) is 116 cm³/mol. The molecule has 4 rings (SSSR count). The summed E-state index contributed by atoms with van der Waals surface area (Å²) in [4.78, 5) is 13.7. The lowest BCUT2D eigenvalue weighted by molar-refractivity contribution is 0.0716. The van der Waals surface area contributed by atoms with Gasteiger partial charge in [-0.15, -0.1) is 11.3 Å². The lowest BCUT2D eigenvalue weighted by Crippen LogP contribution is -2.26. The summed E-state index contributed by atoms with van der Waals surface area (Å²) in [5.41, 5.74) is 3.15. The number of amides is 1. The number of sulfonamides is 1. The fourth-order valence-electron chi connectivity index (χ4n) is 3.26. The molecule has 0 spiro atoms. The largest absolute Gasteiger partial charge is 0.284 e. The maximum absolute atomic E-state index is 13.0. The topological polar surface area (TPSA) is 78.8 Å². The van der Waals surface area contributed by atoms with E-state index in [1.165, 1.54) is 11.3 Å². The van der Waals surface area contributed by atoms with Gasteiger partial charge in [0.05, 0.1) is 22.9 Å². The third-order valence-electron chi connectivity index (χ3n) is 4.56. The first-order valence-corrected chi connectivity index (χ1v) is 11.8. The number of nitrogens with one attached hydrogen (secondary N) is 1. The van der Waals surface area contributed by atoms with E-state index in [1.54, 1.807) is 23.2 Å². The first kappa shape index (κ1) is 19.4. The van der Waals surface area contributed by atoms with E-state index in [-0.39, 0.29) is 11.9 Å². The Morgan fingerprint density at radius 3 is 2.41 bits per heavy atom. The van der Waals surface area contributed by atoms with Crippen molar-refractivity contribution in [2.75, 3.05) is 11.0 Å². The Balaban J connectivity index is 1.65. The second-order valence-corrected chi connectivity index (χ2v) is 9.45. The van der Waals surface area contributed by atoms with Crippen molar-refractivity contribution in [2.24, 2.45) is 5.10 Å². The molecule has 1 aliphatic heterocycles. The van der Waals surface area contributed by atoms with Gasteiger partial charge in [0, 0.05) is 12.1 Å². The molecule has 2 heterocycles. The minimum atomic E-state index is -3.33. The highest BCUT2D eigenvalue weighted by atomic mass is 32.2. The zero-order chi connectivity index (χ0) is 20.4. The minimum Gasteiger partial charge on any atom is -0.284 e. The van der Waals surface area contributed by atoms with Crippen LogP contribution in [0, 0.1) is 0 Å². The summed E-state index contributed by atoms with van der Waals surface area (Å²) in [6, 6.07) is 20.3. The smallest absolute Gasteiger partial charge is 0.284 e. The molecule has 1 aliphatic rings. The highest BCUT2D eigenvalue weighted by Gasteiger charge is 2.33. The molecule has 29 heavy (non-hydrogen) atoms. The van der Waals surface area contributed by atoms with Crippen molar-refractivity contribution in [3.8, 4) is 0 Å². The molecule has 0 bridgehead atoms. The van der Waals surface area contributed by atoms with Crippen LogP contribution in [0.4, 0.5) is 5.69 Å². The van der Waals surface area contributed by atoms with E-state index in [4.69, 9.17) is 0 Å². The lowest BCUT2D eigenvalue weighted by atomic mass is 9.98. The van der Waals surface area contributed by atoms with Gasteiger partial charge >= 0.3 is 0 Å². The van der Waals surface area contributed by atoms with Crippen LogP contribution < -0.4 is 4.72 Å². The van der Waals surface area contributed by atoms with E-state index in [0.29, 0.717) is 17.0 Å². The zero-order valence-electron chi connectivity index (χ0n) is 15.6. The van der Waals surface area contributed by atoms with Crippen LogP contribution in [0.25, 0.3) is 0 Å². The van der Waals surface area contributed by atoms with Gasteiger partial charge in [-0.05, 0) is 34.7 Å². The Morgan fingerprint density at radius 2 is 1.79 bits per heavy atom. The normalized spacial score (nSPS) is 16.5. The Hall–Kier alpha value is -2.97. The number of benzene rings is 2. The van der Waals surface area contributed by atoms with Gasteiger partial charge in [0.2, 0.25) is 10.0 Å². The van der Waals surface area contributed by atoms with Crippen LogP contribution in [-0.4, -0.2) is 31.3 Å². The van der Waals surface area contributed by atoms with Crippen LogP contribution in [-0.2, 0) is 10.0 Å². The van der Waals surface area contributed by atoms with Gasteiger partial charge in [-0.25, -0.2) is 13.4 Å². The van der Waals surface area contributed by atoms with Gasteiger partial charge in [0.25, 0.3) is 5.91 Å². The van der Waals surface area contributed by atoms with Crippen LogP contribution in [0.15, 0.2) is 77.2 Å². The van der Waals surface area contributed by atoms with Crippen molar-refractivity contribution in [3.05, 3.63) is 88.1 Å². The summed E-state index contributed by atoms with van der Waals surface area (Å²) in [6.07, 6.45) is 1.69. The van der Waals surface area contributed by atoms with Crippen molar-refractivity contribution in [2.45, 2.75) is 12.5 Å². The molecule has 0 radical (unpaired) electrons. The molecule has 0 fully saturated rings. The number of carbonyl (C=O) groups is 1. The van der Waals surface area contributed by atoms with Gasteiger partial charge < -0.3 is 0 Å². The van der Waals surface area contributed by atoms with Gasteiger partial charge in [-0.1, -0.05) is 48.5 Å². The molecule has 0 saturated heterocycles. The van der Waals surface area contributed by atoms with Gasteiger partial charge in [-0.2, -0.15) is 5.10 Å². The standard InChI is InChI=1S/C21H19N3O3S2/c1-29(26,27)23-17-11-9-15(10-12-17)18-14-19(16-6-3-2-4-7-16)24(22-18)21(25)20-8-5-13-28-20/h2-13,19,23H,14H2,1H3/t19-/m1/s1. The first-order chi connectivity index (χ1) is 13.9. The number of hydrogen-bond donors (Lipinski definition) is 1. The van der Waals surface area contributed by atoms with Crippen LogP contribution in [0.1, 0.15) is 33.3 Å². The second kappa shape index (κ2) is 7.81. The van der Waals surface area contributed by atoms with Crippen molar-refractivity contribution in [1.29, 1.82) is 0 Å². The lowest BCUT2D eigenvalue weighted by Gasteiger charge is -2.21. The van der Waals surface area contributed by atoms with Crippen molar-refractivity contribution in [1.82, 2.24) is 5.01 Å². The van der Waals surface area contributed by atoms with Crippen LogP contribution in [0.2, 0.25) is 0 Å². The maximum atomic E-state index is 13.0. The van der Waals surface area contributed by atoms with E-state index in [2.05, 4.69) is 9.82 Å². The number of rotatable bonds is 5. The molecule has 2 aromatic carbocycles. The Bertz CT molecular complexity index is 1140. The SMILES string of the molecule is CS(=O)(=O)Nc1ccc(C2=NN(C(=O)c3cccs3)[C@@H](c3ccccc3)C2)cc1. The number of nitrogens with zero attached hydrogens (tertiary/aromatic N) is 2. The van der Waals surface area contributed by atoms with Crippen LogP contribution in [0.5, 0.6) is 0 Å². The quantitative estimate of drug-likeness (QED) is 0.668. The molecule has 0 unspecified atom stereocenters. The predicted octanol–water partition coefficient (Wildman–Crippen LogP) is 4.11. The Morgan fingerprint density at radius 1 is 1.07 bits per heavy atom. The summed E-state index contributed by atoms with van der Waals surface area (Å²) < 4.78 is 25.2. The average Bonchev–Trinajstić information content (AvgIpc) is 3.38. The molecule has 1 amide bonds. The summed E-state index contributed by atoms with van der Waals surface area (Å²) in [7, 11) is -3.33. The number of hydrogen-bond acceptors (Lipinski definition) is 5. The number of carbonyl (C=O) groups excluding carboxylic acids is 1. The number of hydrazone groups is 1. The van der Waals surface area contributed by atoms with Crippen molar-refractivity contribution < 1.29 is 13.2 Å². The third kappa shape index (κ3) is 4.38. The Labute approximate surface area is 173 Å². The molecule has 3 aromatic rings. The number of anilines is 1.